The minimum atomic E-state index is 0.00784. The molecule has 1 aromatic carbocycles. The van der Waals surface area contributed by atoms with E-state index in [2.05, 4.69) is 83.9 Å². The van der Waals surface area contributed by atoms with Gasteiger partial charge in [0.15, 0.2) is 5.11 Å². The van der Waals surface area contributed by atoms with Crippen molar-refractivity contribution in [2.45, 2.75) is 58.7 Å². The standard InChI is InChI=1S/C25H28N4S/c1-15-8-9-20(13-16(15)2)29-24(21-14-17(3)28(18(21)4)19-10-11-19)23(27-25(29)30)22-7-5-6-12-26-22/h5-9,12-14,19,23-24H,10-11H2,1-4H3,(H,27,30)/t23-,24+/m0/s1. The second kappa shape index (κ2) is 7.24. The minimum absolute atomic E-state index is 0.00784. The van der Waals surface area contributed by atoms with Gasteiger partial charge >= 0.3 is 0 Å². The maximum Gasteiger partial charge on any atom is 0.174 e. The lowest BCUT2D eigenvalue weighted by Crippen LogP contribution is -2.29. The average Bonchev–Trinajstić information content (AvgIpc) is 3.44. The molecular weight excluding hydrogens is 388 g/mol. The van der Waals surface area contributed by atoms with Crippen LogP contribution in [0, 0.1) is 27.7 Å². The molecule has 0 amide bonds. The maximum absolute atomic E-state index is 5.88. The first-order chi connectivity index (χ1) is 14.5. The van der Waals surface area contributed by atoms with E-state index in [-0.39, 0.29) is 12.1 Å². The number of benzene rings is 1. The van der Waals surface area contributed by atoms with E-state index in [1.165, 1.54) is 40.9 Å². The minimum Gasteiger partial charge on any atom is -0.351 e. The third kappa shape index (κ3) is 3.12. The molecule has 0 bridgehead atoms. The van der Waals surface area contributed by atoms with Gasteiger partial charge in [-0.1, -0.05) is 12.1 Å². The number of hydrogen-bond acceptors (Lipinski definition) is 2. The molecule has 5 heteroatoms. The van der Waals surface area contributed by atoms with Gasteiger partial charge in [0.2, 0.25) is 0 Å². The first-order valence-electron chi connectivity index (χ1n) is 10.7. The molecule has 1 aliphatic heterocycles. The Bertz CT molecular complexity index is 1110. The highest BCUT2D eigenvalue weighted by molar-refractivity contribution is 7.80. The number of anilines is 1. The van der Waals surface area contributed by atoms with Crippen LogP contribution in [0.2, 0.25) is 0 Å². The van der Waals surface area contributed by atoms with Crippen molar-refractivity contribution >= 4 is 23.0 Å². The normalized spacial score (nSPS) is 21.2. The molecule has 154 valence electrons. The molecule has 0 spiro atoms. The fourth-order valence-corrected chi connectivity index (χ4v) is 5.17. The summed E-state index contributed by atoms with van der Waals surface area (Å²) >= 11 is 5.88. The molecule has 1 aliphatic carbocycles. The van der Waals surface area contributed by atoms with E-state index in [1.807, 2.05) is 12.3 Å². The monoisotopic (exact) mass is 416 g/mol. The molecule has 2 fully saturated rings. The van der Waals surface area contributed by atoms with Gasteiger partial charge in [0, 0.05) is 29.3 Å². The van der Waals surface area contributed by atoms with Gasteiger partial charge < -0.3 is 14.8 Å². The molecule has 5 rings (SSSR count). The molecule has 30 heavy (non-hydrogen) atoms. The van der Waals surface area contributed by atoms with Crippen LogP contribution < -0.4 is 10.2 Å². The Balaban J connectivity index is 1.67. The van der Waals surface area contributed by atoms with Crippen LogP contribution in [0.5, 0.6) is 0 Å². The number of hydrogen-bond donors (Lipinski definition) is 1. The van der Waals surface area contributed by atoms with Gasteiger partial charge in [0.05, 0.1) is 17.8 Å². The highest BCUT2D eigenvalue weighted by atomic mass is 32.1. The summed E-state index contributed by atoms with van der Waals surface area (Å²) in [6, 6.07) is 15.8. The Labute approximate surface area is 183 Å². The topological polar surface area (TPSA) is 33.1 Å². The predicted molar refractivity (Wildman–Crippen MR) is 126 cm³/mol. The smallest absolute Gasteiger partial charge is 0.174 e. The van der Waals surface area contributed by atoms with E-state index in [9.17, 15) is 0 Å². The van der Waals surface area contributed by atoms with Crippen LogP contribution in [0.1, 0.15) is 64.7 Å². The molecule has 2 aliphatic rings. The fraction of sp³-hybridized carbons (Fsp3) is 0.360. The Morgan fingerprint density at radius 2 is 1.80 bits per heavy atom. The van der Waals surface area contributed by atoms with E-state index in [1.54, 1.807) is 0 Å². The Morgan fingerprint density at radius 1 is 1.00 bits per heavy atom. The number of nitrogens with zero attached hydrogens (tertiary/aromatic N) is 3. The Morgan fingerprint density at radius 3 is 2.47 bits per heavy atom. The van der Waals surface area contributed by atoms with Crippen LogP contribution in [-0.4, -0.2) is 14.7 Å². The zero-order valence-corrected chi connectivity index (χ0v) is 18.8. The van der Waals surface area contributed by atoms with Crippen LogP contribution in [0.3, 0.4) is 0 Å². The summed E-state index contributed by atoms with van der Waals surface area (Å²) in [5, 5.41) is 4.35. The van der Waals surface area contributed by atoms with Gasteiger partial charge in [-0.25, -0.2) is 0 Å². The average molecular weight is 417 g/mol. The zero-order chi connectivity index (χ0) is 21.0. The molecule has 2 atom stereocenters. The van der Waals surface area contributed by atoms with Crippen LogP contribution in [0.15, 0.2) is 48.7 Å². The summed E-state index contributed by atoms with van der Waals surface area (Å²) in [7, 11) is 0. The molecule has 4 nitrogen and oxygen atoms in total. The van der Waals surface area contributed by atoms with Crippen LogP contribution in [0.4, 0.5) is 5.69 Å². The molecular formula is C25H28N4S. The van der Waals surface area contributed by atoms with Crippen molar-refractivity contribution in [3.63, 3.8) is 0 Å². The molecule has 0 radical (unpaired) electrons. The molecule has 2 aromatic heterocycles. The van der Waals surface area contributed by atoms with Crippen LogP contribution in [-0.2, 0) is 0 Å². The lowest BCUT2D eigenvalue weighted by molar-refractivity contribution is 0.562. The highest BCUT2D eigenvalue weighted by Crippen LogP contribution is 2.46. The summed E-state index contributed by atoms with van der Waals surface area (Å²) in [4.78, 5) is 6.97. The van der Waals surface area contributed by atoms with Gasteiger partial charge in [-0.05, 0) is 99.8 Å². The molecule has 1 saturated heterocycles. The van der Waals surface area contributed by atoms with E-state index in [0.717, 1.165) is 16.5 Å². The summed E-state index contributed by atoms with van der Waals surface area (Å²) in [5.41, 5.74) is 8.74. The van der Waals surface area contributed by atoms with Crippen molar-refractivity contribution in [3.05, 3.63) is 82.4 Å². The van der Waals surface area contributed by atoms with Crippen molar-refractivity contribution in [3.8, 4) is 0 Å². The highest BCUT2D eigenvalue weighted by Gasteiger charge is 2.43. The predicted octanol–water partition coefficient (Wildman–Crippen LogP) is 5.63. The second-order valence-electron chi connectivity index (χ2n) is 8.69. The number of aryl methyl sites for hydroxylation is 3. The molecule has 3 aromatic rings. The van der Waals surface area contributed by atoms with Gasteiger partial charge in [-0.2, -0.15) is 0 Å². The lowest BCUT2D eigenvalue weighted by Gasteiger charge is -2.28. The first-order valence-corrected chi connectivity index (χ1v) is 11.1. The van der Waals surface area contributed by atoms with E-state index < -0.39 is 0 Å². The fourth-order valence-electron chi connectivity index (χ4n) is 4.82. The second-order valence-corrected chi connectivity index (χ2v) is 9.08. The van der Waals surface area contributed by atoms with E-state index in [0.29, 0.717) is 6.04 Å². The maximum atomic E-state index is 5.88. The van der Waals surface area contributed by atoms with Crippen molar-refractivity contribution in [2.24, 2.45) is 0 Å². The third-order valence-corrected chi connectivity index (χ3v) is 6.94. The summed E-state index contributed by atoms with van der Waals surface area (Å²) in [6.45, 7) is 8.80. The van der Waals surface area contributed by atoms with Crippen molar-refractivity contribution < 1.29 is 0 Å². The SMILES string of the molecule is Cc1ccc(N2C(=S)N[C@@H](c3ccccn3)[C@H]2c2cc(C)n(C3CC3)c2C)cc1C. The van der Waals surface area contributed by atoms with E-state index in [4.69, 9.17) is 12.2 Å². The molecule has 1 saturated carbocycles. The van der Waals surface area contributed by atoms with Gasteiger partial charge in [0.1, 0.15) is 0 Å². The van der Waals surface area contributed by atoms with Gasteiger partial charge in [-0.3, -0.25) is 4.98 Å². The largest absolute Gasteiger partial charge is 0.351 e. The number of pyridine rings is 1. The molecule has 1 N–H and O–H groups in total. The summed E-state index contributed by atoms with van der Waals surface area (Å²) in [6.07, 6.45) is 4.42. The third-order valence-electron chi connectivity index (χ3n) is 6.62. The van der Waals surface area contributed by atoms with Crippen LogP contribution >= 0.6 is 12.2 Å². The lowest BCUT2D eigenvalue weighted by atomic mass is 9.96. The van der Waals surface area contributed by atoms with Crippen molar-refractivity contribution in [2.75, 3.05) is 4.90 Å². The van der Waals surface area contributed by atoms with Crippen LogP contribution in [0.25, 0.3) is 0 Å². The van der Waals surface area contributed by atoms with E-state index >= 15 is 0 Å². The molecule has 3 heterocycles. The van der Waals surface area contributed by atoms with Gasteiger partial charge in [-0.15, -0.1) is 0 Å². The molecule has 0 unspecified atom stereocenters. The van der Waals surface area contributed by atoms with Crippen molar-refractivity contribution in [1.82, 2.24) is 14.9 Å². The number of nitrogens with one attached hydrogen (secondary N) is 1. The number of rotatable bonds is 4. The Kier molecular flexibility index (Phi) is 4.66. The first kappa shape index (κ1) is 19.3. The summed E-state index contributed by atoms with van der Waals surface area (Å²) < 4.78 is 2.52. The zero-order valence-electron chi connectivity index (χ0n) is 18.0. The quantitative estimate of drug-likeness (QED) is 0.559. The summed E-state index contributed by atoms with van der Waals surface area (Å²) in [5.74, 6) is 0. The number of aromatic nitrogens is 2. The van der Waals surface area contributed by atoms with Gasteiger partial charge in [0.25, 0.3) is 0 Å². The van der Waals surface area contributed by atoms with Crippen molar-refractivity contribution in [1.29, 1.82) is 0 Å². The Hall–Kier alpha value is -2.66. The number of thiocarbonyl (C=S) groups is 1.